The lowest BCUT2D eigenvalue weighted by Gasteiger charge is -2.07. The van der Waals surface area contributed by atoms with Crippen LogP contribution in [0.4, 0.5) is 0 Å². The summed E-state index contributed by atoms with van der Waals surface area (Å²) >= 11 is 4.95. The Kier molecular flexibility index (Phi) is 4.37. The van der Waals surface area contributed by atoms with E-state index in [2.05, 4.69) is 10.4 Å². The van der Waals surface area contributed by atoms with Gasteiger partial charge in [0, 0.05) is 24.8 Å². The van der Waals surface area contributed by atoms with Gasteiger partial charge in [-0.05, 0) is 25.5 Å². The van der Waals surface area contributed by atoms with Gasteiger partial charge in [0.2, 0.25) is 0 Å². The van der Waals surface area contributed by atoms with Crippen molar-refractivity contribution in [2.24, 2.45) is 12.8 Å². The van der Waals surface area contributed by atoms with E-state index in [1.165, 1.54) is 0 Å². The lowest BCUT2D eigenvalue weighted by atomic mass is 10.1. The first-order valence-corrected chi connectivity index (χ1v) is 6.98. The van der Waals surface area contributed by atoms with E-state index in [1.54, 1.807) is 4.68 Å². The number of carbonyl (C=O) groups excluding carboxylic acids is 1. The molecule has 0 spiro atoms. The Morgan fingerprint density at radius 2 is 2.14 bits per heavy atom. The molecular formula is C15H18N4OS. The van der Waals surface area contributed by atoms with Crippen LogP contribution in [-0.2, 0) is 13.6 Å². The van der Waals surface area contributed by atoms with E-state index in [0.29, 0.717) is 17.1 Å². The SMILES string of the molecule is Cc1nn(C)c(C)c1C(=O)NCc1cccc(C(N)=S)c1. The highest BCUT2D eigenvalue weighted by atomic mass is 32.1. The van der Waals surface area contributed by atoms with Crippen molar-refractivity contribution in [1.82, 2.24) is 15.1 Å². The minimum atomic E-state index is -0.126. The highest BCUT2D eigenvalue weighted by Crippen LogP contribution is 2.12. The number of hydrogen-bond donors (Lipinski definition) is 2. The molecule has 0 aliphatic carbocycles. The van der Waals surface area contributed by atoms with Crippen molar-refractivity contribution >= 4 is 23.1 Å². The van der Waals surface area contributed by atoms with Gasteiger partial charge in [0.15, 0.2) is 0 Å². The molecule has 2 rings (SSSR count). The third-order valence-corrected chi connectivity index (χ3v) is 3.64. The van der Waals surface area contributed by atoms with Gasteiger partial charge in [-0.1, -0.05) is 30.4 Å². The molecule has 6 heteroatoms. The summed E-state index contributed by atoms with van der Waals surface area (Å²) in [4.78, 5) is 12.6. The molecule has 0 saturated heterocycles. The molecular weight excluding hydrogens is 284 g/mol. The fraction of sp³-hybridized carbons (Fsp3) is 0.267. The molecule has 0 radical (unpaired) electrons. The van der Waals surface area contributed by atoms with Crippen molar-refractivity contribution < 1.29 is 4.79 Å². The molecule has 110 valence electrons. The van der Waals surface area contributed by atoms with Crippen LogP contribution in [0.25, 0.3) is 0 Å². The third kappa shape index (κ3) is 3.28. The second kappa shape index (κ2) is 6.05. The van der Waals surface area contributed by atoms with Crippen molar-refractivity contribution in [3.05, 3.63) is 52.3 Å². The predicted octanol–water partition coefficient (Wildman–Crippen LogP) is 1.60. The maximum absolute atomic E-state index is 12.3. The van der Waals surface area contributed by atoms with Crippen molar-refractivity contribution in [3.63, 3.8) is 0 Å². The van der Waals surface area contributed by atoms with Crippen LogP contribution in [0.1, 0.15) is 32.9 Å². The number of nitrogens with zero attached hydrogens (tertiary/aromatic N) is 2. The first-order chi connectivity index (χ1) is 9.90. The topological polar surface area (TPSA) is 72.9 Å². The lowest BCUT2D eigenvalue weighted by molar-refractivity contribution is 0.0949. The van der Waals surface area contributed by atoms with E-state index in [-0.39, 0.29) is 5.91 Å². The summed E-state index contributed by atoms with van der Waals surface area (Å²) in [6, 6.07) is 7.52. The number of nitrogens with two attached hydrogens (primary N) is 1. The second-order valence-electron chi connectivity index (χ2n) is 4.92. The first-order valence-electron chi connectivity index (χ1n) is 6.57. The number of aromatic nitrogens is 2. The summed E-state index contributed by atoms with van der Waals surface area (Å²) in [5.41, 5.74) is 9.56. The van der Waals surface area contributed by atoms with Gasteiger partial charge in [-0.15, -0.1) is 0 Å². The largest absolute Gasteiger partial charge is 0.389 e. The average Bonchev–Trinajstić information content (AvgIpc) is 2.70. The highest BCUT2D eigenvalue weighted by Gasteiger charge is 2.16. The van der Waals surface area contributed by atoms with Crippen LogP contribution in [0.15, 0.2) is 24.3 Å². The maximum Gasteiger partial charge on any atom is 0.255 e. The Hall–Kier alpha value is -2.21. The molecule has 5 nitrogen and oxygen atoms in total. The van der Waals surface area contributed by atoms with E-state index in [1.807, 2.05) is 45.2 Å². The van der Waals surface area contributed by atoms with E-state index >= 15 is 0 Å². The number of carbonyl (C=O) groups is 1. The molecule has 2 aromatic rings. The summed E-state index contributed by atoms with van der Waals surface area (Å²) in [7, 11) is 1.82. The van der Waals surface area contributed by atoms with E-state index in [4.69, 9.17) is 18.0 Å². The molecule has 1 aromatic heterocycles. The Bertz CT molecular complexity index is 706. The minimum Gasteiger partial charge on any atom is -0.389 e. The molecule has 0 aliphatic heterocycles. The monoisotopic (exact) mass is 302 g/mol. The van der Waals surface area contributed by atoms with E-state index < -0.39 is 0 Å². The van der Waals surface area contributed by atoms with E-state index in [9.17, 15) is 4.79 Å². The zero-order chi connectivity index (χ0) is 15.6. The Balaban J connectivity index is 2.11. The average molecular weight is 302 g/mol. The van der Waals surface area contributed by atoms with Crippen LogP contribution < -0.4 is 11.1 Å². The van der Waals surface area contributed by atoms with Crippen LogP contribution in [0, 0.1) is 13.8 Å². The Morgan fingerprint density at radius 1 is 1.43 bits per heavy atom. The van der Waals surface area contributed by atoms with Gasteiger partial charge in [-0.3, -0.25) is 9.48 Å². The first kappa shape index (κ1) is 15.2. The number of amides is 1. The molecule has 0 bridgehead atoms. The summed E-state index contributed by atoms with van der Waals surface area (Å²) < 4.78 is 1.71. The molecule has 1 aromatic carbocycles. The summed E-state index contributed by atoms with van der Waals surface area (Å²) in [6.07, 6.45) is 0. The van der Waals surface area contributed by atoms with Gasteiger partial charge < -0.3 is 11.1 Å². The standard InChI is InChI=1S/C15H18N4OS/c1-9-13(10(2)19(3)18-9)15(20)17-8-11-5-4-6-12(7-11)14(16)21/h4-7H,8H2,1-3H3,(H2,16,21)(H,17,20). The molecule has 21 heavy (non-hydrogen) atoms. The number of benzene rings is 1. The van der Waals surface area contributed by atoms with Crippen molar-refractivity contribution in [2.75, 3.05) is 0 Å². The highest BCUT2D eigenvalue weighted by molar-refractivity contribution is 7.80. The molecule has 3 N–H and O–H groups in total. The molecule has 1 amide bonds. The molecule has 0 aliphatic rings. The normalized spacial score (nSPS) is 10.4. The smallest absolute Gasteiger partial charge is 0.255 e. The summed E-state index contributed by atoms with van der Waals surface area (Å²) in [6.45, 7) is 4.13. The quantitative estimate of drug-likeness (QED) is 0.842. The van der Waals surface area contributed by atoms with Gasteiger partial charge in [-0.2, -0.15) is 5.10 Å². The number of thiocarbonyl (C=S) groups is 1. The van der Waals surface area contributed by atoms with Crippen LogP contribution in [0.5, 0.6) is 0 Å². The molecule has 0 saturated carbocycles. The van der Waals surface area contributed by atoms with Crippen LogP contribution in [0.3, 0.4) is 0 Å². The van der Waals surface area contributed by atoms with Gasteiger partial charge in [-0.25, -0.2) is 0 Å². The van der Waals surface area contributed by atoms with Crippen molar-refractivity contribution in [1.29, 1.82) is 0 Å². The Labute approximate surface area is 129 Å². The number of nitrogens with one attached hydrogen (secondary N) is 1. The molecule has 0 atom stereocenters. The summed E-state index contributed by atoms with van der Waals surface area (Å²) in [5, 5.41) is 7.15. The van der Waals surface area contributed by atoms with Gasteiger partial charge >= 0.3 is 0 Å². The fourth-order valence-corrected chi connectivity index (χ4v) is 2.33. The van der Waals surface area contributed by atoms with Crippen LogP contribution in [0.2, 0.25) is 0 Å². The van der Waals surface area contributed by atoms with E-state index in [0.717, 1.165) is 22.5 Å². The molecule has 0 unspecified atom stereocenters. The van der Waals surface area contributed by atoms with Gasteiger partial charge in [0.25, 0.3) is 5.91 Å². The zero-order valence-electron chi connectivity index (χ0n) is 12.3. The third-order valence-electron chi connectivity index (χ3n) is 3.40. The number of aryl methyl sites for hydroxylation is 2. The Morgan fingerprint density at radius 3 is 2.71 bits per heavy atom. The van der Waals surface area contributed by atoms with Gasteiger partial charge in [0.05, 0.1) is 11.3 Å². The zero-order valence-corrected chi connectivity index (χ0v) is 13.1. The fourth-order valence-electron chi connectivity index (χ4n) is 2.21. The lowest BCUT2D eigenvalue weighted by Crippen LogP contribution is -2.24. The molecule has 1 heterocycles. The van der Waals surface area contributed by atoms with Crippen LogP contribution in [-0.4, -0.2) is 20.7 Å². The second-order valence-corrected chi connectivity index (χ2v) is 5.36. The van der Waals surface area contributed by atoms with Crippen LogP contribution >= 0.6 is 12.2 Å². The van der Waals surface area contributed by atoms with Crippen molar-refractivity contribution in [3.8, 4) is 0 Å². The summed E-state index contributed by atoms with van der Waals surface area (Å²) in [5.74, 6) is -0.126. The maximum atomic E-state index is 12.3. The van der Waals surface area contributed by atoms with Crippen molar-refractivity contribution in [2.45, 2.75) is 20.4 Å². The minimum absolute atomic E-state index is 0.126. The molecule has 0 fully saturated rings. The van der Waals surface area contributed by atoms with Gasteiger partial charge in [0.1, 0.15) is 4.99 Å². The number of hydrogen-bond acceptors (Lipinski definition) is 3. The number of rotatable bonds is 4. The predicted molar refractivity (Wildman–Crippen MR) is 86.2 cm³/mol.